The van der Waals surface area contributed by atoms with Gasteiger partial charge in [0.2, 0.25) is 0 Å². The van der Waals surface area contributed by atoms with Gasteiger partial charge in [0.1, 0.15) is 0 Å². The molecule has 0 fully saturated rings. The first kappa shape index (κ1) is 34.8. The van der Waals surface area contributed by atoms with Crippen LogP contribution in [0.3, 0.4) is 0 Å². The van der Waals surface area contributed by atoms with E-state index in [9.17, 15) is 0 Å². The summed E-state index contributed by atoms with van der Waals surface area (Å²) in [5.74, 6) is 0. The molecule has 13 rings (SSSR count). The lowest BCUT2D eigenvalue weighted by Crippen LogP contribution is -1.96. The van der Waals surface area contributed by atoms with Gasteiger partial charge >= 0.3 is 0 Å². The lowest BCUT2D eigenvalue weighted by atomic mass is 9.79. The van der Waals surface area contributed by atoms with E-state index in [1.807, 2.05) is 0 Å². The third kappa shape index (κ3) is 5.08. The van der Waals surface area contributed by atoms with E-state index in [1.54, 1.807) is 0 Å². The lowest BCUT2D eigenvalue weighted by Gasteiger charge is -2.24. The van der Waals surface area contributed by atoms with Gasteiger partial charge in [-0.25, -0.2) is 0 Å². The normalized spacial score (nSPS) is 11.9. The molecule has 0 atom stereocenters. The van der Waals surface area contributed by atoms with Crippen molar-refractivity contribution in [1.82, 2.24) is 0 Å². The SMILES string of the molecule is c1ccc(-c2cccc(-c3ccc(-c4c5ccccc5c5c6c4cccc6c4cccc6c(-c7ccccc7-c7ccccc7)c7ccccc7c5c64)c4ccccc34)c2)cc1. The third-order valence-electron chi connectivity index (χ3n) is 13.4. The van der Waals surface area contributed by atoms with Crippen LogP contribution in [0.15, 0.2) is 231 Å². The van der Waals surface area contributed by atoms with Crippen molar-refractivity contribution < 1.29 is 0 Å². The third-order valence-corrected chi connectivity index (χ3v) is 13.4. The maximum absolute atomic E-state index is 2.38. The van der Waals surface area contributed by atoms with Crippen LogP contribution in [0.4, 0.5) is 0 Å². The quantitative estimate of drug-likeness (QED) is 0.120. The average molecular weight is 783 g/mol. The monoisotopic (exact) mass is 782 g/mol. The zero-order valence-corrected chi connectivity index (χ0v) is 33.9. The summed E-state index contributed by atoms with van der Waals surface area (Å²) in [6, 6.07) is 85.4. The highest BCUT2D eigenvalue weighted by Gasteiger charge is 2.25. The second kappa shape index (κ2) is 13.7. The number of hydrogen-bond acceptors (Lipinski definition) is 0. The second-order valence-corrected chi connectivity index (χ2v) is 16.6. The summed E-state index contributed by atoms with van der Waals surface area (Å²) >= 11 is 0. The molecule has 13 aromatic rings. The molecule has 0 aliphatic rings. The Labute approximate surface area is 359 Å². The van der Waals surface area contributed by atoms with Crippen molar-refractivity contribution in [2.45, 2.75) is 0 Å². The van der Waals surface area contributed by atoms with Crippen molar-refractivity contribution in [2.24, 2.45) is 0 Å². The molecule has 0 aliphatic heterocycles. The van der Waals surface area contributed by atoms with E-state index in [-0.39, 0.29) is 0 Å². The first-order valence-electron chi connectivity index (χ1n) is 21.6. The fraction of sp³-hybridized carbons (Fsp3) is 0. The van der Waals surface area contributed by atoms with Gasteiger partial charge in [0.15, 0.2) is 0 Å². The van der Waals surface area contributed by atoms with Gasteiger partial charge in [0, 0.05) is 0 Å². The summed E-state index contributed by atoms with van der Waals surface area (Å²) in [5.41, 5.74) is 12.5. The Kier molecular flexibility index (Phi) is 7.71. The van der Waals surface area contributed by atoms with Crippen LogP contribution < -0.4 is 0 Å². The summed E-state index contributed by atoms with van der Waals surface area (Å²) in [4.78, 5) is 0. The first-order valence-corrected chi connectivity index (χ1v) is 21.6. The van der Waals surface area contributed by atoms with Gasteiger partial charge < -0.3 is 0 Å². The van der Waals surface area contributed by atoms with Gasteiger partial charge in [-0.15, -0.1) is 0 Å². The second-order valence-electron chi connectivity index (χ2n) is 16.6. The molecule has 0 heterocycles. The summed E-state index contributed by atoms with van der Waals surface area (Å²) in [5, 5.41) is 18.1. The Morgan fingerprint density at radius 2 is 0.532 bits per heavy atom. The number of fused-ring (bicyclic) bond motifs is 7. The van der Waals surface area contributed by atoms with E-state index in [0.717, 1.165) is 0 Å². The molecule has 0 saturated heterocycles. The minimum absolute atomic E-state index is 1.22. The first-order chi connectivity index (χ1) is 30.8. The number of benzene rings is 13. The molecule has 0 saturated carbocycles. The van der Waals surface area contributed by atoms with E-state index in [1.165, 1.54) is 131 Å². The molecule has 0 amide bonds. The number of rotatable bonds is 5. The molecule has 13 aromatic carbocycles. The Morgan fingerprint density at radius 1 is 0.161 bits per heavy atom. The zero-order chi connectivity index (χ0) is 40.7. The largest absolute Gasteiger partial charge is 0.0622 e. The average Bonchev–Trinajstić information content (AvgIpc) is 3.35. The van der Waals surface area contributed by atoms with Gasteiger partial charge in [-0.05, 0) is 137 Å². The standard InChI is InChI=1S/C62H38/c1-3-18-39(19-4-1)41-22-15-23-42(38-41)44-36-37-54(46-26-9-8-25-45(44)46)58-49-29-12-14-31-53(49)62-60-51(33-17-35-56(58)60)50-32-16-34-55-57(48-28-11-13-30-52(48)61(62)59(50)55)47-27-10-7-24-43(47)40-20-5-2-6-21-40/h1-38H. The molecule has 0 spiro atoms. The number of hydrogen-bond donors (Lipinski definition) is 0. The fourth-order valence-electron chi connectivity index (χ4n) is 10.8. The highest BCUT2D eigenvalue weighted by molar-refractivity contribution is 6.46. The molecule has 62 heavy (non-hydrogen) atoms. The Hall–Kier alpha value is -8.06. The Balaban J connectivity index is 1.14. The van der Waals surface area contributed by atoms with Gasteiger partial charge in [-0.2, -0.15) is 0 Å². The zero-order valence-electron chi connectivity index (χ0n) is 33.9. The Bertz CT molecular complexity index is 3890. The molecule has 0 unspecified atom stereocenters. The van der Waals surface area contributed by atoms with Crippen LogP contribution in [-0.4, -0.2) is 0 Å². The smallest absolute Gasteiger partial charge is 0.000740 e. The van der Waals surface area contributed by atoms with Crippen LogP contribution in [0, 0.1) is 0 Å². The molecule has 0 nitrogen and oxygen atoms in total. The minimum Gasteiger partial charge on any atom is -0.0622 e. The summed E-state index contributed by atoms with van der Waals surface area (Å²) in [7, 11) is 0. The summed E-state index contributed by atoms with van der Waals surface area (Å²) < 4.78 is 0. The highest BCUT2D eigenvalue weighted by Crippen LogP contribution is 2.53. The molecule has 0 aromatic heterocycles. The van der Waals surface area contributed by atoms with E-state index < -0.39 is 0 Å². The molecular formula is C62H38. The van der Waals surface area contributed by atoms with Gasteiger partial charge in [-0.3, -0.25) is 0 Å². The predicted molar refractivity (Wildman–Crippen MR) is 267 cm³/mol. The van der Waals surface area contributed by atoms with Gasteiger partial charge in [-0.1, -0.05) is 224 Å². The molecule has 0 radical (unpaired) electrons. The van der Waals surface area contributed by atoms with Crippen molar-refractivity contribution in [3.05, 3.63) is 231 Å². The van der Waals surface area contributed by atoms with Crippen molar-refractivity contribution in [1.29, 1.82) is 0 Å². The highest BCUT2D eigenvalue weighted by atomic mass is 14.3. The summed E-state index contributed by atoms with van der Waals surface area (Å²) in [6.45, 7) is 0. The van der Waals surface area contributed by atoms with Crippen LogP contribution in [0.25, 0.3) is 131 Å². The molecular weight excluding hydrogens is 745 g/mol. The van der Waals surface area contributed by atoms with Crippen molar-refractivity contribution in [2.75, 3.05) is 0 Å². The van der Waals surface area contributed by atoms with Crippen molar-refractivity contribution in [3.63, 3.8) is 0 Å². The maximum atomic E-state index is 2.38. The molecule has 0 bridgehead atoms. The Morgan fingerprint density at radius 3 is 1.15 bits per heavy atom. The van der Waals surface area contributed by atoms with E-state index in [4.69, 9.17) is 0 Å². The van der Waals surface area contributed by atoms with E-state index in [2.05, 4.69) is 231 Å². The van der Waals surface area contributed by atoms with Crippen LogP contribution in [0.1, 0.15) is 0 Å². The topological polar surface area (TPSA) is 0 Å². The fourth-order valence-corrected chi connectivity index (χ4v) is 10.8. The van der Waals surface area contributed by atoms with Crippen LogP contribution >= 0.6 is 0 Å². The van der Waals surface area contributed by atoms with E-state index in [0.29, 0.717) is 0 Å². The molecule has 0 aliphatic carbocycles. The van der Waals surface area contributed by atoms with Gasteiger partial charge in [0.05, 0.1) is 0 Å². The minimum atomic E-state index is 1.22. The maximum Gasteiger partial charge on any atom is -0.000740 e. The molecule has 0 heteroatoms. The van der Waals surface area contributed by atoms with Crippen LogP contribution in [-0.2, 0) is 0 Å². The predicted octanol–water partition coefficient (Wildman–Crippen LogP) is 17.5. The van der Waals surface area contributed by atoms with Gasteiger partial charge in [0.25, 0.3) is 0 Å². The van der Waals surface area contributed by atoms with Crippen molar-refractivity contribution in [3.8, 4) is 55.6 Å². The lowest BCUT2D eigenvalue weighted by molar-refractivity contribution is 1.60. The van der Waals surface area contributed by atoms with Crippen molar-refractivity contribution >= 4 is 75.4 Å². The van der Waals surface area contributed by atoms with Crippen LogP contribution in [0.2, 0.25) is 0 Å². The van der Waals surface area contributed by atoms with E-state index >= 15 is 0 Å². The molecule has 286 valence electrons. The summed E-state index contributed by atoms with van der Waals surface area (Å²) in [6.07, 6.45) is 0. The molecule has 0 N–H and O–H groups in total. The van der Waals surface area contributed by atoms with Crippen LogP contribution in [0.5, 0.6) is 0 Å².